The van der Waals surface area contributed by atoms with E-state index in [0.29, 0.717) is 13.1 Å². The van der Waals surface area contributed by atoms with Gasteiger partial charge in [0.1, 0.15) is 0 Å². The van der Waals surface area contributed by atoms with Crippen LogP contribution >= 0.6 is 0 Å². The van der Waals surface area contributed by atoms with E-state index in [9.17, 15) is 9.59 Å². The highest BCUT2D eigenvalue weighted by molar-refractivity contribution is 5.88. The molecule has 0 spiro atoms. The van der Waals surface area contributed by atoms with Crippen molar-refractivity contribution in [1.29, 1.82) is 0 Å². The van der Waals surface area contributed by atoms with Crippen LogP contribution in [0.2, 0.25) is 0 Å². The molecule has 2 aromatic rings. The van der Waals surface area contributed by atoms with Gasteiger partial charge in [0.15, 0.2) is 6.61 Å². The van der Waals surface area contributed by atoms with Crippen molar-refractivity contribution >= 4 is 22.8 Å². The lowest BCUT2D eigenvalue weighted by Gasteiger charge is -2.28. The first-order valence-corrected chi connectivity index (χ1v) is 8.79. The first-order chi connectivity index (χ1) is 12.7. The van der Waals surface area contributed by atoms with Crippen molar-refractivity contribution in [3.05, 3.63) is 48.0 Å². The van der Waals surface area contributed by atoms with E-state index in [1.165, 1.54) is 12.4 Å². The standard InChI is InChI=1S/C21H22N2O3/c1-22-20(24)15-26-21(25)23-13-11-16(12-14-23)9-10-18-7-4-6-17-5-2-3-8-19(17)18/h2-8,16H,11-15H2,1H3,(H,22,24). The lowest BCUT2D eigenvalue weighted by atomic mass is 9.96. The van der Waals surface area contributed by atoms with Gasteiger partial charge in [-0.25, -0.2) is 4.79 Å². The number of fused-ring (bicyclic) bond motifs is 1. The molecule has 0 atom stereocenters. The third-order valence-corrected chi connectivity index (χ3v) is 4.56. The normalized spacial score (nSPS) is 14.4. The Balaban J connectivity index is 1.57. The van der Waals surface area contributed by atoms with Crippen molar-refractivity contribution in [2.45, 2.75) is 12.8 Å². The molecule has 5 nitrogen and oxygen atoms in total. The van der Waals surface area contributed by atoms with E-state index in [-0.39, 0.29) is 18.4 Å². The zero-order valence-electron chi connectivity index (χ0n) is 14.8. The number of rotatable bonds is 2. The third kappa shape index (κ3) is 4.34. The van der Waals surface area contributed by atoms with Crippen LogP contribution in [0.15, 0.2) is 42.5 Å². The Morgan fingerprint density at radius 3 is 2.65 bits per heavy atom. The maximum atomic E-state index is 11.9. The molecule has 1 saturated heterocycles. The van der Waals surface area contributed by atoms with E-state index in [1.54, 1.807) is 4.90 Å². The van der Waals surface area contributed by atoms with Crippen molar-refractivity contribution in [2.24, 2.45) is 5.92 Å². The smallest absolute Gasteiger partial charge is 0.410 e. The van der Waals surface area contributed by atoms with Gasteiger partial charge in [0.2, 0.25) is 0 Å². The molecule has 5 heteroatoms. The number of nitrogens with one attached hydrogen (secondary N) is 1. The van der Waals surface area contributed by atoms with Crippen molar-refractivity contribution in [3.8, 4) is 11.8 Å². The highest BCUT2D eigenvalue weighted by Crippen LogP contribution is 2.20. The molecular weight excluding hydrogens is 328 g/mol. The number of piperidine rings is 1. The Morgan fingerprint density at radius 1 is 1.15 bits per heavy atom. The lowest BCUT2D eigenvalue weighted by molar-refractivity contribution is -0.123. The van der Waals surface area contributed by atoms with Crippen molar-refractivity contribution in [3.63, 3.8) is 0 Å². The minimum Gasteiger partial charge on any atom is -0.439 e. The summed E-state index contributed by atoms with van der Waals surface area (Å²) in [5.41, 5.74) is 1.04. The van der Waals surface area contributed by atoms with Gasteiger partial charge < -0.3 is 15.0 Å². The largest absolute Gasteiger partial charge is 0.439 e. The quantitative estimate of drug-likeness (QED) is 0.848. The Kier molecular flexibility index (Phi) is 5.75. The molecule has 1 aliphatic rings. The number of benzene rings is 2. The predicted octanol–water partition coefficient (Wildman–Crippen LogP) is 2.79. The van der Waals surface area contributed by atoms with Crippen LogP contribution in [0.25, 0.3) is 10.8 Å². The van der Waals surface area contributed by atoms with Crippen LogP contribution in [0.5, 0.6) is 0 Å². The van der Waals surface area contributed by atoms with Gasteiger partial charge in [-0.15, -0.1) is 0 Å². The van der Waals surface area contributed by atoms with Crippen LogP contribution in [0.4, 0.5) is 4.79 Å². The highest BCUT2D eigenvalue weighted by atomic mass is 16.6. The van der Waals surface area contributed by atoms with Gasteiger partial charge in [0, 0.05) is 31.6 Å². The number of carbonyl (C=O) groups is 2. The van der Waals surface area contributed by atoms with Gasteiger partial charge in [-0.2, -0.15) is 0 Å². The molecule has 1 fully saturated rings. The molecule has 2 aromatic carbocycles. The van der Waals surface area contributed by atoms with Gasteiger partial charge >= 0.3 is 6.09 Å². The number of amides is 2. The maximum absolute atomic E-state index is 11.9. The zero-order chi connectivity index (χ0) is 18.4. The summed E-state index contributed by atoms with van der Waals surface area (Å²) in [5, 5.41) is 4.77. The fraction of sp³-hybridized carbons (Fsp3) is 0.333. The minimum atomic E-state index is -0.436. The van der Waals surface area contributed by atoms with Crippen LogP contribution < -0.4 is 5.32 Å². The van der Waals surface area contributed by atoms with Crippen molar-refractivity contribution < 1.29 is 14.3 Å². The number of hydrogen-bond donors (Lipinski definition) is 1. The fourth-order valence-corrected chi connectivity index (χ4v) is 3.01. The zero-order valence-corrected chi connectivity index (χ0v) is 14.8. The molecule has 0 saturated carbocycles. The molecule has 2 amide bonds. The summed E-state index contributed by atoms with van der Waals surface area (Å²) in [6, 6.07) is 14.4. The lowest BCUT2D eigenvalue weighted by Crippen LogP contribution is -2.40. The average Bonchev–Trinajstić information content (AvgIpc) is 2.70. The summed E-state index contributed by atoms with van der Waals surface area (Å²) in [6.45, 7) is 0.957. The number of carbonyl (C=O) groups excluding carboxylic acids is 2. The summed E-state index contributed by atoms with van der Waals surface area (Å²) < 4.78 is 4.99. The van der Waals surface area contributed by atoms with Gasteiger partial charge in [0.25, 0.3) is 5.91 Å². The molecule has 0 unspecified atom stereocenters. The number of hydrogen-bond acceptors (Lipinski definition) is 3. The first kappa shape index (κ1) is 17.8. The van der Waals surface area contributed by atoms with Crippen LogP contribution in [0.1, 0.15) is 18.4 Å². The van der Waals surface area contributed by atoms with E-state index < -0.39 is 6.09 Å². The van der Waals surface area contributed by atoms with Gasteiger partial charge in [-0.05, 0) is 29.7 Å². The van der Waals surface area contributed by atoms with E-state index in [0.717, 1.165) is 23.8 Å². The number of likely N-dealkylation sites (N-methyl/N-ethyl adjacent to an activating group) is 1. The first-order valence-electron chi connectivity index (χ1n) is 8.79. The van der Waals surface area contributed by atoms with E-state index in [4.69, 9.17) is 4.74 Å². The molecule has 0 bridgehead atoms. The second kappa shape index (κ2) is 8.39. The minimum absolute atomic E-state index is 0.240. The van der Waals surface area contributed by atoms with Gasteiger partial charge in [0.05, 0.1) is 0 Å². The van der Waals surface area contributed by atoms with Crippen molar-refractivity contribution in [1.82, 2.24) is 10.2 Å². The SMILES string of the molecule is CNC(=O)COC(=O)N1CCC(C#Cc2cccc3ccccc23)CC1. The molecule has 3 rings (SSSR count). The number of nitrogens with zero attached hydrogens (tertiary/aromatic N) is 1. The second-order valence-electron chi connectivity index (χ2n) is 6.29. The van der Waals surface area contributed by atoms with Crippen LogP contribution in [0.3, 0.4) is 0 Å². The summed E-state index contributed by atoms with van der Waals surface area (Å²) in [5.74, 6) is 6.62. The molecule has 134 valence electrons. The molecule has 0 aliphatic carbocycles. The Labute approximate surface area is 153 Å². The molecular formula is C21H22N2O3. The fourth-order valence-electron chi connectivity index (χ4n) is 3.01. The third-order valence-electron chi connectivity index (χ3n) is 4.56. The Morgan fingerprint density at radius 2 is 1.88 bits per heavy atom. The van der Waals surface area contributed by atoms with E-state index in [1.807, 2.05) is 24.3 Å². The predicted molar refractivity (Wildman–Crippen MR) is 101 cm³/mol. The van der Waals surface area contributed by atoms with Crippen molar-refractivity contribution in [2.75, 3.05) is 26.7 Å². The summed E-state index contributed by atoms with van der Waals surface area (Å²) in [6.07, 6.45) is 1.19. The Hall–Kier alpha value is -3.00. The van der Waals surface area contributed by atoms with Crippen LogP contribution in [-0.4, -0.2) is 43.6 Å². The Bertz CT molecular complexity index is 853. The number of ether oxygens (including phenoxy) is 1. The molecule has 1 aliphatic heterocycles. The van der Waals surface area contributed by atoms with Crippen LogP contribution in [-0.2, 0) is 9.53 Å². The summed E-state index contributed by atoms with van der Waals surface area (Å²) >= 11 is 0. The molecule has 0 aromatic heterocycles. The van der Waals surface area contributed by atoms with Gasteiger partial charge in [-0.1, -0.05) is 48.2 Å². The molecule has 26 heavy (non-hydrogen) atoms. The van der Waals surface area contributed by atoms with Crippen LogP contribution in [0, 0.1) is 17.8 Å². The molecule has 0 radical (unpaired) electrons. The highest BCUT2D eigenvalue weighted by Gasteiger charge is 2.23. The summed E-state index contributed by atoms with van der Waals surface area (Å²) in [4.78, 5) is 24.7. The second-order valence-corrected chi connectivity index (χ2v) is 6.29. The topological polar surface area (TPSA) is 58.6 Å². The monoisotopic (exact) mass is 350 g/mol. The average molecular weight is 350 g/mol. The molecule has 1 heterocycles. The summed E-state index contributed by atoms with van der Waals surface area (Å²) in [7, 11) is 1.51. The van der Waals surface area contributed by atoms with Gasteiger partial charge in [-0.3, -0.25) is 4.79 Å². The van der Waals surface area contributed by atoms with E-state index in [2.05, 4.69) is 35.4 Å². The van der Waals surface area contributed by atoms with E-state index >= 15 is 0 Å². The molecule has 1 N–H and O–H groups in total. The number of likely N-dealkylation sites (tertiary alicyclic amines) is 1. The maximum Gasteiger partial charge on any atom is 0.410 e.